The van der Waals surface area contributed by atoms with E-state index in [1.54, 1.807) is 12.1 Å². The smallest absolute Gasteiger partial charge is 0.123 e. The molecular weight excluding hydrogens is 181 g/mol. The summed E-state index contributed by atoms with van der Waals surface area (Å²) in [4.78, 5) is 0. The Labute approximate surface area is 83.6 Å². The molecule has 1 aromatic rings. The van der Waals surface area contributed by atoms with E-state index in [1.807, 2.05) is 13.8 Å². The van der Waals surface area contributed by atoms with E-state index in [1.165, 1.54) is 12.1 Å². The van der Waals surface area contributed by atoms with E-state index in [0.29, 0.717) is 5.56 Å². The van der Waals surface area contributed by atoms with Gasteiger partial charge in [-0.3, -0.25) is 0 Å². The van der Waals surface area contributed by atoms with Gasteiger partial charge in [-0.25, -0.2) is 4.39 Å². The predicted molar refractivity (Wildman–Crippen MR) is 54.2 cm³/mol. The maximum atomic E-state index is 12.9. The van der Waals surface area contributed by atoms with Gasteiger partial charge in [0.2, 0.25) is 0 Å². The SMILES string of the molecule is CC(C)(CO)[C@H](N)c1cccc(F)c1. The first-order chi connectivity index (χ1) is 6.47. The summed E-state index contributed by atoms with van der Waals surface area (Å²) < 4.78 is 12.9. The van der Waals surface area contributed by atoms with Crippen molar-refractivity contribution in [3.8, 4) is 0 Å². The van der Waals surface area contributed by atoms with Crippen LogP contribution in [-0.4, -0.2) is 11.7 Å². The molecule has 2 nitrogen and oxygen atoms in total. The molecule has 78 valence electrons. The molecule has 0 aromatic heterocycles. The third kappa shape index (κ3) is 2.30. The van der Waals surface area contributed by atoms with Gasteiger partial charge >= 0.3 is 0 Å². The van der Waals surface area contributed by atoms with Crippen LogP contribution in [0.15, 0.2) is 24.3 Å². The van der Waals surface area contributed by atoms with E-state index in [9.17, 15) is 4.39 Å². The zero-order valence-electron chi connectivity index (χ0n) is 8.50. The number of hydrogen-bond donors (Lipinski definition) is 2. The molecule has 14 heavy (non-hydrogen) atoms. The van der Waals surface area contributed by atoms with Crippen LogP contribution in [0.3, 0.4) is 0 Å². The number of rotatable bonds is 3. The van der Waals surface area contributed by atoms with Crippen molar-refractivity contribution in [3.63, 3.8) is 0 Å². The monoisotopic (exact) mass is 197 g/mol. The van der Waals surface area contributed by atoms with Crippen LogP contribution < -0.4 is 5.73 Å². The lowest BCUT2D eigenvalue weighted by Gasteiger charge is -2.29. The largest absolute Gasteiger partial charge is 0.396 e. The Hall–Kier alpha value is -0.930. The fourth-order valence-corrected chi connectivity index (χ4v) is 1.25. The van der Waals surface area contributed by atoms with Crippen molar-refractivity contribution >= 4 is 0 Å². The molecule has 0 unspecified atom stereocenters. The van der Waals surface area contributed by atoms with Crippen molar-refractivity contribution in [2.24, 2.45) is 11.1 Å². The maximum absolute atomic E-state index is 12.9. The van der Waals surface area contributed by atoms with Crippen LogP contribution in [0.25, 0.3) is 0 Å². The molecule has 0 aliphatic rings. The fourth-order valence-electron chi connectivity index (χ4n) is 1.25. The van der Waals surface area contributed by atoms with Crippen LogP contribution in [0.2, 0.25) is 0 Å². The number of aliphatic hydroxyl groups excluding tert-OH is 1. The number of halogens is 1. The summed E-state index contributed by atoms with van der Waals surface area (Å²) >= 11 is 0. The lowest BCUT2D eigenvalue weighted by Crippen LogP contribution is -2.32. The lowest BCUT2D eigenvalue weighted by atomic mass is 9.82. The van der Waals surface area contributed by atoms with Gasteiger partial charge in [-0.1, -0.05) is 26.0 Å². The highest BCUT2D eigenvalue weighted by Crippen LogP contribution is 2.30. The maximum Gasteiger partial charge on any atom is 0.123 e. The normalized spacial score (nSPS) is 14.1. The summed E-state index contributed by atoms with van der Waals surface area (Å²) in [5.41, 5.74) is 6.20. The first kappa shape index (κ1) is 11.1. The highest BCUT2D eigenvalue weighted by Gasteiger charge is 2.26. The second-order valence-corrected chi connectivity index (χ2v) is 4.18. The zero-order valence-corrected chi connectivity index (χ0v) is 8.50. The molecule has 3 heteroatoms. The molecular formula is C11H16FNO. The van der Waals surface area contributed by atoms with Crippen molar-refractivity contribution in [3.05, 3.63) is 35.6 Å². The van der Waals surface area contributed by atoms with E-state index in [0.717, 1.165) is 0 Å². The highest BCUT2D eigenvalue weighted by molar-refractivity contribution is 5.21. The standard InChI is InChI=1S/C11H16FNO/c1-11(2,7-14)10(13)8-4-3-5-9(12)6-8/h3-6,10,14H,7,13H2,1-2H3/t10-/m1/s1. The lowest BCUT2D eigenvalue weighted by molar-refractivity contribution is 0.132. The molecule has 0 heterocycles. The van der Waals surface area contributed by atoms with E-state index < -0.39 is 5.41 Å². The van der Waals surface area contributed by atoms with Crippen LogP contribution in [0.4, 0.5) is 4.39 Å². The average molecular weight is 197 g/mol. The molecule has 0 fully saturated rings. The molecule has 0 saturated carbocycles. The van der Waals surface area contributed by atoms with Crippen LogP contribution in [0, 0.1) is 11.2 Å². The fraction of sp³-hybridized carbons (Fsp3) is 0.455. The molecule has 0 aliphatic heterocycles. The minimum absolute atomic E-state index is 0.0231. The molecule has 0 radical (unpaired) electrons. The molecule has 1 atom stereocenters. The second-order valence-electron chi connectivity index (χ2n) is 4.18. The Balaban J connectivity index is 2.94. The summed E-state index contributed by atoms with van der Waals surface area (Å²) in [5.74, 6) is -0.299. The van der Waals surface area contributed by atoms with Crippen molar-refractivity contribution in [1.82, 2.24) is 0 Å². The van der Waals surface area contributed by atoms with Gasteiger partial charge < -0.3 is 10.8 Å². The van der Waals surface area contributed by atoms with Crippen LogP contribution in [-0.2, 0) is 0 Å². The van der Waals surface area contributed by atoms with Gasteiger partial charge in [0, 0.05) is 18.1 Å². The number of aliphatic hydroxyl groups is 1. The molecule has 0 spiro atoms. The Morgan fingerprint density at radius 3 is 2.64 bits per heavy atom. The van der Waals surface area contributed by atoms with Gasteiger partial charge in [0.25, 0.3) is 0 Å². The van der Waals surface area contributed by atoms with E-state index in [-0.39, 0.29) is 18.5 Å². The molecule has 0 bridgehead atoms. The zero-order chi connectivity index (χ0) is 10.8. The van der Waals surface area contributed by atoms with Gasteiger partial charge in [0.1, 0.15) is 5.82 Å². The Kier molecular flexibility index (Phi) is 3.24. The van der Waals surface area contributed by atoms with Crippen molar-refractivity contribution in [2.45, 2.75) is 19.9 Å². The third-order valence-electron chi connectivity index (χ3n) is 2.46. The van der Waals surface area contributed by atoms with E-state index in [4.69, 9.17) is 10.8 Å². The van der Waals surface area contributed by atoms with Crippen molar-refractivity contribution < 1.29 is 9.50 Å². The van der Waals surface area contributed by atoms with Crippen molar-refractivity contribution in [2.75, 3.05) is 6.61 Å². The topological polar surface area (TPSA) is 46.2 Å². The molecule has 3 N–H and O–H groups in total. The Morgan fingerprint density at radius 1 is 1.50 bits per heavy atom. The van der Waals surface area contributed by atoms with Gasteiger partial charge in [-0.05, 0) is 17.7 Å². The van der Waals surface area contributed by atoms with Gasteiger partial charge in [-0.15, -0.1) is 0 Å². The number of nitrogens with two attached hydrogens (primary N) is 1. The van der Waals surface area contributed by atoms with Gasteiger partial charge in [0.05, 0.1) is 0 Å². The second kappa shape index (κ2) is 4.07. The summed E-state index contributed by atoms with van der Waals surface area (Å²) in [6, 6.07) is 5.82. The van der Waals surface area contributed by atoms with E-state index in [2.05, 4.69) is 0 Å². The summed E-state index contributed by atoms with van der Waals surface area (Å²) in [6.07, 6.45) is 0. The number of benzene rings is 1. The van der Waals surface area contributed by atoms with Gasteiger partial charge in [-0.2, -0.15) is 0 Å². The molecule has 1 rings (SSSR count). The first-order valence-electron chi connectivity index (χ1n) is 4.59. The van der Waals surface area contributed by atoms with Gasteiger partial charge in [0.15, 0.2) is 0 Å². The number of hydrogen-bond acceptors (Lipinski definition) is 2. The average Bonchev–Trinajstić information content (AvgIpc) is 2.16. The Morgan fingerprint density at radius 2 is 2.14 bits per heavy atom. The van der Waals surface area contributed by atoms with Crippen molar-refractivity contribution in [1.29, 1.82) is 0 Å². The third-order valence-corrected chi connectivity index (χ3v) is 2.46. The minimum atomic E-state index is -0.437. The minimum Gasteiger partial charge on any atom is -0.396 e. The molecule has 0 aliphatic carbocycles. The summed E-state index contributed by atoms with van der Waals surface area (Å²) in [6.45, 7) is 3.68. The molecule has 1 aromatic carbocycles. The Bertz CT molecular complexity index is 312. The summed E-state index contributed by atoms with van der Waals surface area (Å²) in [7, 11) is 0. The quantitative estimate of drug-likeness (QED) is 0.776. The highest BCUT2D eigenvalue weighted by atomic mass is 19.1. The van der Waals surface area contributed by atoms with Crippen LogP contribution in [0.5, 0.6) is 0 Å². The van der Waals surface area contributed by atoms with Crippen LogP contribution in [0.1, 0.15) is 25.5 Å². The first-order valence-corrected chi connectivity index (χ1v) is 4.59. The molecule has 0 amide bonds. The van der Waals surface area contributed by atoms with E-state index >= 15 is 0 Å². The van der Waals surface area contributed by atoms with Crippen LogP contribution >= 0.6 is 0 Å². The molecule has 0 saturated heterocycles. The summed E-state index contributed by atoms with van der Waals surface area (Å²) in [5, 5.41) is 9.12. The predicted octanol–water partition coefficient (Wildman–Crippen LogP) is 1.84.